The molecule has 0 heterocycles. The number of nitrogens with two attached hydrogens (primary N) is 2. The number of halogens is 7. The summed E-state index contributed by atoms with van der Waals surface area (Å²) in [6, 6.07) is 30.6. The summed E-state index contributed by atoms with van der Waals surface area (Å²) in [5.41, 5.74) is 11.3. The molecule has 0 aromatic heterocycles. The van der Waals surface area contributed by atoms with Crippen molar-refractivity contribution >= 4 is 149 Å². The number of benzene rings is 4. The number of nitrogens with zero attached hydrogens (tertiary/aromatic N) is 3. The number of alkyl halides is 3. The number of primary amides is 2. The van der Waals surface area contributed by atoms with Crippen LogP contribution in [0.5, 0.6) is 5.75 Å². The third kappa shape index (κ3) is 38.5. The Morgan fingerprint density at radius 2 is 1.32 bits per heavy atom. The molecule has 0 spiro atoms. The van der Waals surface area contributed by atoms with E-state index in [4.69, 9.17) is 93.1 Å². The molecular formula is C42H43Br2Cl5N6O9S2. The number of carboxylic acids is 1. The number of amides is 4. The van der Waals surface area contributed by atoms with Crippen molar-refractivity contribution in [2.45, 2.75) is 30.9 Å². The highest BCUT2D eigenvalue weighted by Gasteiger charge is 2.25. The molecule has 0 bridgehead atoms. The summed E-state index contributed by atoms with van der Waals surface area (Å²) < 4.78 is 4.16. The van der Waals surface area contributed by atoms with Gasteiger partial charge in [0.1, 0.15) is 5.75 Å². The second kappa shape index (κ2) is 39.4. The Balaban J connectivity index is -0.000000741. The van der Waals surface area contributed by atoms with Crippen molar-refractivity contribution in [3.05, 3.63) is 127 Å². The molecule has 66 heavy (non-hydrogen) atoms. The van der Waals surface area contributed by atoms with Gasteiger partial charge in [0.15, 0.2) is 6.61 Å². The number of aromatic hydroxyl groups is 1. The molecule has 4 aromatic rings. The standard InChI is InChI=1S/C12H16ClNOS.C11H9Cl2NO2.C7H3Br2NO.C7H5N.C3H4Cl2O2.CH3NO2.CH3NOS/c1-3-14(4-2)12(15)16-9-10-5-7-11(13)8-6-10;12-6-1-2-7-16-11(15)14-10-5-3-4-9(13)8-10;8-5-1-4(3-10)2-6(9)7(5)11;8-6-7-4-2-1-3-5-7;1-3(4,5)2(6)7;2*2-1(3)4/h5-8H,3-4,9H2,1-2H3;3-5,8H,6-7H2,(H,14,15);1-2,11H;1-5H;1H3,(H,6,7);2H2,(H,3,4);(H3,2,3,4). The Morgan fingerprint density at radius 1 is 0.833 bits per heavy atom. The van der Waals surface area contributed by atoms with Crippen molar-refractivity contribution in [1.29, 1.82) is 10.5 Å². The fraction of sp³-hybridized carbons (Fsp3) is 0.214. The second-order valence-electron chi connectivity index (χ2n) is 11.3. The Labute approximate surface area is 434 Å². The molecule has 15 nitrogen and oxygen atoms in total. The molecule has 0 saturated heterocycles. The van der Waals surface area contributed by atoms with Crippen LogP contribution in [-0.2, 0) is 15.3 Å². The maximum Gasteiger partial charge on any atom is 0.412 e. The van der Waals surface area contributed by atoms with Crippen molar-refractivity contribution in [2.24, 2.45) is 11.5 Å². The third-order valence-electron chi connectivity index (χ3n) is 6.26. The summed E-state index contributed by atoms with van der Waals surface area (Å²) in [4.78, 5) is 52.4. The summed E-state index contributed by atoms with van der Waals surface area (Å²) in [5, 5.41) is 44.5. The van der Waals surface area contributed by atoms with Gasteiger partial charge in [0.2, 0.25) is 4.33 Å². The van der Waals surface area contributed by atoms with Gasteiger partial charge in [0.05, 0.1) is 38.1 Å². The van der Waals surface area contributed by atoms with E-state index in [0.717, 1.165) is 23.7 Å². The predicted octanol–water partition coefficient (Wildman–Crippen LogP) is 12.4. The molecule has 4 rings (SSSR count). The van der Waals surface area contributed by atoms with Crippen molar-refractivity contribution in [3.8, 4) is 29.7 Å². The van der Waals surface area contributed by atoms with E-state index in [2.05, 4.69) is 73.1 Å². The molecule has 0 aliphatic carbocycles. The van der Waals surface area contributed by atoms with Crippen LogP contribution < -0.4 is 16.8 Å². The summed E-state index contributed by atoms with van der Waals surface area (Å²) in [6.07, 6.45) is -1.91. The van der Waals surface area contributed by atoms with Crippen LogP contribution in [0.1, 0.15) is 37.5 Å². The van der Waals surface area contributed by atoms with Gasteiger partial charge in [-0.3, -0.25) is 14.9 Å². The first-order valence-electron chi connectivity index (χ1n) is 17.9. The van der Waals surface area contributed by atoms with Gasteiger partial charge in [-0.1, -0.05) is 119 Å². The van der Waals surface area contributed by atoms with Gasteiger partial charge >= 0.3 is 18.2 Å². The highest BCUT2D eigenvalue weighted by Crippen LogP contribution is 2.33. The first-order chi connectivity index (χ1) is 30.9. The quantitative estimate of drug-likeness (QED) is 0.0517. The molecule has 356 valence electrons. The number of hydrogen-bond donors (Lipinski definition) is 7. The van der Waals surface area contributed by atoms with Crippen molar-refractivity contribution in [2.75, 3.05) is 30.9 Å². The zero-order valence-electron chi connectivity index (χ0n) is 35.0. The fourth-order valence-corrected chi connectivity index (χ4v) is 5.88. The van der Waals surface area contributed by atoms with Gasteiger partial charge in [-0.15, -0.1) is 11.6 Å². The number of rotatable bonds is 7. The SMILES string of the molecule is CC(Cl)(Cl)C(=O)O.CCN(CC)C(=O)SCc1ccc(Cl)cc1.N#Cc1cc(Br)c(O)c(Br)c1.N#Cc1ccccc1.NC(=O)O.NC(=O)S.O=C(Nc1cccc(Cl)c1)OCC#CCCl. The monoisotopic (exact) mass is 1170 g/mol. The molecule has 0 atom stereocenters. The first-order valence-corrected chi connectivity index (χ1v) is 22.9. The lowest BCUT2D eigenvalue weighted by Crippen LogP contribution is -2.26. The van der Waals surface area contributed by atoms with Gasteiger partial charge in [0, 0.05) is 34.6 Å². The van der Waals surface area contributed by atoms with E-state index in [1.807, 2.05) is 73.4 Å². The number of thiol groups is 1. The zero-order valence-corrected chi connectivity index (χ0v) is 43.6. The van der Waals surface area contributed by atoms with Crippen LogP contribution in [0.2, 0.25) is 10.0 Å². The Hall–Kier alpha value is -4.72. The number of aliphatic carboxylic acids is 1. The number of phenols is 1. The Morgan fingerprint density at radius 3 is 1.71 bits per heavy atom. The summed E-state index contributed by atoms with van der Waals surface area (Å²) in [5.74, 6) is 4.95. The number of carbonyl (C=O) groups is 5. The zero-order chi connectivity index (χ0) is 51.3. The number of nitrogens with one attached hydrogen (secondary N) is 1. The van der Waals surface area contributed by atoms with Crippen LogP contribution in [0.3, 0.4) is 0 Å². The van der Waals surface area contributed by atoms with E-state index < -0.39 is 27.7 Å². The summed E-state index contributed by atoms with van der Waals surface area (Å²) in [7, 11) is 0. The highest BCUT2D eigenvalue weighted by atomic mass is 79.9. The van der Waals surface area contributed by atoms with Crippen LogP contribution in [0.15, 0.2) is 99.9 Å². The van der Waals surface area contributed by atoms with Crippen LogP contribution in [-0.4, -0.2) is 78.8 Å². The van der Waals surface area contributed by atoms with E-state index >= 15 is 0 Å². The van der Waals surface area contributed by atoms with E-state index in [9.17, 15) is 19.5 Å². The largest absolute Gasteiger partial charge is 0.506 e. The number of anilines is 1. The topological polar surface area (TPSA) is 270 Å². The molecule has 0 saturated carbocycles. The van der Waals surface area contributed by atoms with Crippen molar-refractivity contribution in [1.82, 2.24) is 4.90 Å². The molecule has 0 radical (unpaired) electrons. The minimum Gasteiger partial charge on any atom is -0.506 e. The van der Waals surface area contributed by atoms with Crippen LogP contribution in [0.25, 0.3) is 0 Å². The second-order valence-corrected chi connectivity index (χ2v) is 17.2. The fourth-order valence-electron chi connectivity index (χ4n) is 3.36. The molecule has 0 unspecified atom stereocenters. The molecule has 0 fully saturated rings. The third-order valence-corrected chi connectivity index (χ3v) is 9.40. The lowest BCUT2D eigenvalue weighted by Gasteiger charge is -2.17. The average molecular weight is 1180 g/mol. The molecule has 4 aromatic carbocycles. The molecule has 0 aliphatic heterocycles. The number of nitriles is 2. The van der Waals surface area contributed by atoms with Gasteiger partial charge in [-0.25, -0.2) is 14.4 Å². The van der Waals surface area contributed by atoms with Crippen LogP contribution in [0, 0.1) is 34.5 Å². The highest BCUT2D eigenvalue weighted by molar-refractivity contribution is 9.11. The van der Waals surface area contributed by atoms with Crippen molar-refractivity contribution < 1.29 is 44.0 Å². The minimum absolute atomic E-state index is 0.0130. The van der Waals surface area contributed by atoms with E-state index in [1.54, 1.807) is 48.5 Å². The number of thioether (sulfide) groups is 1. The number of carbonyl (C=O) groups excluding carboxylic acids is 3. The number of hydrogen-bond acceptors (Lipinski definition) is 10. The van der Waals surface area contributed by atoms with Crippen molar-refractivity contribution in [3.63, 3.8) is 0 Å². The van der Waals surface area contributed by atoms with Gasteiger partial charge in [-0.2, -0.15) is 10.5 Å². The molecule has 4 amide bonds. The summed E-state index contributed by atoms with van der Waals surface area (Å²) >= 11 is 37.6. The maximum absolute atomic E-state index is 11.7. The van der Waals surface area contributed by atoms with Gasteiger partial charge < -0.3 is 36.4 Å². The summed E-state index contributed by atoms with van der Waals surface area (Å²) in [6.45, 7) is 6.72. The lowest BCUT2D eigenvalue weighted by atomic mass is 10.2. The first kappa shape index (κ1) is 65.6. The Bertz CT molecular complexity index is 2210. The number of carboxylic acid groups (broad SMARTS) is 2. The number of phenolic OH excluding ortho intramolecular Hbond substituents is 1. The maximum atomic E-state index is 11.7. The van der Waals surface area contributed by atoms with Crippen LogP contribution in [0.4, 0.5) is 24.9 Å². The average Bonchev–Trinajstić information content (AvgIpc) is 3.25. The number of ether oxygens (including phenoxy) is 1. The lowest BCUT2D eigenvalue weighted by molar-refractivity contribution is -0.137. The molecular weight excluding hydrogens is 1130 g/mol. The van der Waals surface area contributed by atoms with Gasteiger partial charge in [-0.05, 0) is 113 Å². The van der Waals surface area contributed by atoms with E-state index in [-0.39, 0.29) is 23.5 Å². The van der Waals surface area contributed by atoms with Crippen LogP contribution >= 0.6 is 114 Å². The van der Waals surface area contributed by atoms with Gasteiger partial charge in [0.25, 0.3) is 10.5 Å². The molecule has 0 aliphatic rings. The molecule has 24 heteroatoms. The smallest absolute Gasteiger partial charge is 0.412 e. The predicted molar refractivity (Wildman–Crippen MR) is 274 cm³/mol. The molecule has 8 N–H and O–H groups in total. The van der Waals surface area contributed by atoms with E-state index in [1.165, 1.54) is 18.7 Å². The minimum atomic E-state index is -1.64. The normalized spacial score (nSPS) is 9.05. The van der Waals surface area contributed by atoms with E-state index in [0.29, 0.717) is 36.5 Å². The Kier molecular flexibility index (Phi) is 39.2.